The molecule has 0 bridgehead atoms. The molecule has 0 unspecified atom stereocenters. The Balaban J connectivity index is 1.50. The van der Waals surface area contributed by atoms with Crippen LogP contribution in [0.1, 0.15) is 37.3 Å². The Bertz CT molecular complexity index is 2300. The first-order valence-corrected chi connectivity index (χ1v) is 23.3. The van der Waals surface area contributed by atoms with Crippen molar-refractivity contribution in [2.24, 2.45) is 5.73 Å². The molecule has 25 heteroatoms. The number of benzene rings is 2. The van der Waals surface area contributed by atoms with Crippen LogP contribution in [0.25, 0.3) is 10.9 Å². The Morgan fingerprint density at radius 1 is 0.783 bits per heavy atom. The number of hydrogen-bond acceptors (Lipinski definition) is 15. The number of carboxylic acid groups (broad SMARTS) is 1. The third-order valence-electron chi connectivity index (χ3n) is 11.1. The van der Waals surface area contributed by atoms with E-state index in [-0.39, 0.29) is 38.0 Å². The molecule has 8 amide bonds. The van der Waals surface area contributed by atoms with E-state index in [1.165, 1.54) is 43.0 Å². The molecule has 0 saturated carbocycles. The van der Waals surface area contributed by atoms with E-state index in [1.807, 2.05) is 0 Å². The van der Waals surface area contributed by atoms with Gasteiger partial charge in [0.15, 0.2) is 0 Å². The van der Waals surface area contributed by atoms with Crippen molar-refractivity contribution in [1.82, 2.24) is 47.1 Å². The van der Waals surface area contributed by atoms with Gasteiger partial charge in [-0.1, -0.05) is 30.3 Å². The maximum absolute atomic E-state index is 14.2. The zero-order chi connectivity index (χ0) is 50.8. The molecular formula is C44H60N10O14S. The van der Waals surface area contributed by atoms with Crippen LogP contribution in [0.4, 0.5) is 0 Å². The Morgan fingerprint density at radius 2 is 1.41 bits per heavy atom. The number of H-pyrrole nitrogens is 1. The van der Waals surface area contributed by atoms with E-state index in [2.05, 4.69) is 42.2 Å². The maximum Gasteiger partial charge on any atom is 0.322 e. The standard InChI is InChI=1S/C44H60N10O14S/c1-23(57)37(53-35(59)19-47-39(63)31(50-38(62)28(45)21-55)16-24-9-11-26(58)12-10-24)44(68)54-14-5-8-34(54)43(67)51-32(17-25-18-46-29-7-4-3-6-27(25)29)42(66)49-30(13-15-69-2)41(65)52-33(22-56)40(64)48-20-36(60)61/h3-4,6-7,9-12,18,23,28,30-34,37,46,55-58H,5,8,13-17,19-22,45H2,1-2H3,(H,47,63)(H,48,64)(H,49,66)(H,50,62)(H,51,67)(H,52,65)(H,53,59)(H,60,61)/t23-,28+,30+,31+,32+,33+,34+,37+/m1/s1. The molecule has 69 heavy (non-hydrogen) atoms. The summed E-state index contributed by atoms with van der Waals surface area (Å²) in [7, 11) is 0. The number of rotatable bonds is 26. The predicted molar refractivity (Wildman–Crippen MR) is 249 cm³/mol. The number of phenolic OH excluding ortho intramolecular Hbond substituents is 1. The quantitative estimate of drug-likeness (QED) is 0.0363. The van der Waals surface area contributed by atoms with E-state index in [1.54, 1.807) is 36.7 Å². The van der Waals surface area contributed by atoms with Crippen molar-refractivity contribution in [2.75, 3.05) is 44.9 Å². The largest absolute Gasteiger partial charge is 0.508 e. The first-order chi connectivity index (χ1) is 32.9. The lowest BCUT2D eigenvalue weighted by Gasteiger charge is -2.31. The van der Waals surface area contributed by atoms with Gasteiger partial charge in [-0.05, 0) is 67.5 Å². The molecule has 24 nitrogen and oxygen atoms in total. The number of aliphatic hydroxyl groups excluding tert-OH is 3. The van der Waals surface area contributed by atoms with E-state index < -0.39 is 128 Å². The summed E-state index contributed by atoms with van der Waals surface area (Å²) < 4.78 is 0. The van der Waals surface area contributed by atoms with Crippen molar-refractivity contribution in [3.05, 3.63) is 65.9 Å². The van der Waals surface area contributed by atoms with E-state index in [0.29, 0.717) is 23.3 Å². The van der Waals surface area contributed by atoms with E-state index in [4.69, 9.17) is 10.8 Å². The molecule has 4 rings (SSSR count). The van der Waals surface area contributed by atoms with Gasteiger partial charge in [-0.15, -0.1) is 0 Å². The van der Waals surface area contributed by atoms with Crippen molar-refractivity contribution in [2.45, 2.75) is 87.4 Å². The van der Waals surface area contributed by atoms with Gasteiger partial charge in [0, 0.05) is 36.5 Å². The summed E-state index contributed by atoms with van der Waals surface area (Å²) in [4.78, 5) is 123. The number of amides is 8. The minimum absolute atomic E-state index is 0.0175. The summed E-state index contributed by atoms with van der Waals surface area (Å²) in [6.45, 7) is -1.86. The zero-order valence-corrected chi connectivity index (χ0v) is 38.8. The third kappa shape index (κ3) is 16.2. The number of aromatic hydroxyl groups is 1. The minimum atomic E-state index is -1.62. The van der Waals surface area contributed by atoms with Gasteiger partial charge in [0.05, 0.1) is 25.9 Å². The monoisotopic (exact) mass is 984 g/mol. The average molecular weight is 985 g/mol. The van der Waals surface area contributed by atoms with Gasteiger partial charge >= 0.3 is 5.97 Å². The summed E-state index contributed by atoms with van der Waals surface area (Å²) in [5.41, 5.74) is 7.47. The Kier molecular flexibility index (Phi) is 21.2. The maximum atomic E-state index is 14.2. The van der Waals surface area contributed by atoms with Gasteiger partial charge in [-0.3, -0.25) is 43.2 Å². The summed E-state index contributed by atoms with van der Waals surface area (Å²) in [5.74, 6) is -7.98. The molecule has 15 N–H and O–H groups in total. The number of carbonyl (C=O) groups is 9. The molecule has 1 aliphatic heterocycles. The number of aromatic nitrogens is 1. The summed E-state index contributed by atoms with van der Waals surface area (Å²) in [6.07, 6.45) is 2.16. The fourth-order valence-electron chi connectivity index (χ4n) is 7.35. The number of likely N-dealkylation sites (tertiary alicyclic amines) is 1. The van der Waals surface area contributed by atoms with Gasteiger partial charge < -0.3 is 78.4 Å². The van der Waals surface area contributed by atoms with Crippen molar-refractivity contribution in [1.29, 1.82) is 0 Å². The number of nitrogens with one attached hydrogen (secondary N) is 8. The van der Waals surface area contributed by atoms with Gasteiger partial charge in [-0.2, -0.15) is 11.8 Å². The number of para-hydroxylation sites is 1. The number of hydrogen-bond donors (Lipinski definition) is 14. The van der Waals surface area contributed by atoms with Crippen LogP contribution in [0.15, 0.2) is 54.7 Å². The number of carbonyl (C=O) groups excluding carboxylic acids is 8. The van der Waals surface area contributed by atoms with Crippen LogP contribution in [-0.2, 0) is 56.0 Å². The highest BCUT2D eigenvalue weighted by Crippen LogP contribution is 2.22. The van der Waals surface area contributed by atoms with Crippen LogP contribution in [0, 0.1) is 0 Å². The number of fused-ring (bicyclic) bond motifs is 1. The highest BCUT2D eigenvalue weighted by molar-refractivity contribution is 7.98. The van der Waals surface area contributed by atoms with Crippen molar-refractivity contribution in [3.8, 4) is 5.75 Å². The van der Waals surface area contributed by atoms with Crippen molar-refractivity contribution < 1.29 is 68.7 Å². The molecule has 1 aliphatic rings. The number of aliphatic hydroxyl groups is 3. The molecule has 376 valence electrons. The lowest BCUT2D eigenvalue weighted by molar-refractivity contribution is -0.144. The number of aromatic amines is 1. The Labute approximate surface area is 400 Å². The van der Waals surface area contributed by atoms with E-state index >= 15 is 0 Å². The second-order valence-electron chi connectivity index (χ2n) is 16.2. The highest BCUT2D eigenvalue weighted by Gasteiger charge is 2.41. The second-order valence-corrected chi connectivity index (χ2v) is 17.2. The van der Waals surface area contributed by atoms with Crippen LogP contribution in [-0.4, -0.2) is 182 Å². The first kappa shape index (κ1) is 54.8. The Morgan fingerprint density at radius 3 is 2.06 bits per heavy atom. The lowest BCUT2D eigenvalue weighted by Crippen LogP contribution is -2.60. The normalized spacial score (nSPS) is 16.4. The number of carboxylic acids is 1. The fraction of sp³-hybridized carbons (Fsp3) is 0.477. The predicted octanol–water partition coefficient (Wildman–Crippen LogP) is -4.16. The molecule has 8 atom stereocenters. The summed E-state index contributed by atoms with van der Waals surface area (Å²) in [6, 6.07) is 3.22. The van der Waals surface area contributed by atoms with Crippen LogP contribution >= 0.6 is 11.8 Å². The highest BCUT2D eigenvalue weighted by atomic mass is 32.2. The molecular weight excluding hydrogens is 925 g/mol. The van der Waals surface area contributed by atoms with Crippen LogP contribution in [0.3, 0.4) is 0 Å². The second kappa shape index (κ2) is 26.7. The molecule has 3 aromatic rings. The molecule has 0 aliphatic carbocycles. The van der Waals surface area contributed by atoms with E-state index in [9.17, 15) is 63.6 Å². The fourth-order valence-corrected chi connectivity index (χ4v) is 7.82. The number of aliphatic carboxylic acids is 1. The minimum Gasteiger partial charge on any atom is -0.508 e. The SMILES string of the molecule is CSCC[C@H](NC(=O)[C@H](Cc1c[nH]c2ccccc12)NC(=O)[C@@H]1CCCN1C(=O)[C@@H](NC(=O)CNC(=O)[C@H](Cc1ccc(O)cc1)NC(=O)[C@@H](N)CO)[C@@H](C)O)C(=O)N[C@@H](CO)C(=O)NCC(=O)O. The number of nitrogens with zero attached hydrogens (tertiary/aromatic N) is 1. The van der Waals surface area contributed by atoms with Crippen LogP contribution in [0.2, 0.25) is 0 Å². The van der Waals surface area contributed by atoms with Gasteiger partial charge in [-0.25, -0.2) is 0 Å². The molecule has 2 heterocycles. The molecule has 2 aromatic carbocycles. The zero-order valence-electron chi connectivity index (χ0n) is 37.9. The topological polar surface area (TPSA) is 384 Å². The van der Waals surface area contributed by atoms with Gasteiger partial charge in [0.2, 0.25) is 47.3 Å². The van der Waals surface area contributed by atoms with Gasteiger partial charge in [0.1, 0.15) is 54.6 Å². The Hall–Kier alpha value is -6.80. The first-order valence-electron chi connectivity index (χ1n) is 21.9. The molecule has 1 aromatic heterocycles. The average Bonchev–Trinajstić information content (AvgIpc) is 3.99. The number of phenols is 1. The molecule has 1 fully saturated rings. The molecule has 0 radical (unpaired) electrons. The summed E-state index contributed by atoms with van der Waals surface area (Å²) >= 11 is 1.35. The van der Waals surface area contributed by atoms with Gasteiger partial charge in [0.25, 0.3) is 0 Å². The smallest absolute Gasteiger partial charge is 0.322 e. The third-order valence-corrected chi connectivity index (χ3v) is 11.7. The molecule has 1 saturated heterocycles. The number of thioether (sulfide) groups is 1. The van der Waals surface area contributed by atoms with Crippen LogP contribution < -0.4 is 43.0 Å². The van der Waals surface area contributed by atoms with Crippen molar-refractivity contribution in [3.63, 3.8) is 0 Å². The van der Waals surface area contributed by atoms with E-state index in [0.717, 1.165) is 15.8 Å². The number of nitrogens with two attached hydrogens (primary N) is 1. The molecule has 0 spiro atoms. The summed E-state index contributed by atoms with van der Waals surface area (Å²) in [5, 5.41) is 66.1. The van der Waals surface area contributed by atoms with Crippen LogP contribution in [0.5, 0.6) is 5.75 Å². The lowest BCUT2D eigenvalue weighted by atomic mass is 10.0. The van der Waals surface area contributed by atoms with Crippen molar-refractivity contribution >= 4 is 75.9 Å².